The minimum absolute atomic E-state index is 0.388. The summed E-state index contributed by atoms with van der Waals surface area (Å²) in [6.07, 6.45) is 5.98. The van der Waals surface area contributed by atoms with E-state index in [-0.39, 0.29) is 0 Å². The van der Waals surface area contributed by atoms with Crippen LogP contribution >= 0.6 is 0 Å². The van der Waals surface area contributed by atoms with Crippen LogP contribution in [0, 0.1) is 11.3 Å². The molecular weight excluding hydrogens is 230 g/mol. The lowest BCUT2D eigenvalue weighted by atomic mass is 10.0. The summed E-state index contributed by atoms with van der Waals surface area (Å²) in [4.78, 5) is 0. The molecule has 1 atom stereocenters. The van der Waals surface area contributed by atoms with E-state index in [1.54, 1.807) is 12.1 Å². The van der Waals surface area contributed by atoms with Gasteiger partial charge in [-0.15, -0.1) is 0 Å². The molecule has 1 aromatic carbocycles. The summed E-state index contributed by atoms with van der Waals surface area (Å²) in [5.74, 6) is 0.635. The molecule has 2 rings (SSSR count). The fourth-order valence-electron chi connectivity index (χ4n) is 2.29. The Morgan fingerprint density at radius 3 is 2.41 bits per heavy atom. The highest BCUT2D eigenvalue weighted by Gasteiger charge is 2.19. The first kappa shape index (κ1) is 12.3. The van der Waals surface area contributed by atoms with Gasteiger partial charge >= 0.3 is 0 Å². The van der Waals surface area contributed by atoms with Crippen molar-refractivity contribution in [1.29, 1.82) is 5.26 Å². The maximum atomic E-state index is 12.2. The Morgan fingerprint density at radius 1 is 1.18 bits per heavy atom. The van der Waals surface area contributed by atoms with E-state index in [1.165, 1.54) is 19.3 Å². The minimum Gasteiger partial charge on any atom is -0.259 e. The Kier molecular flexibility index (Phi) is 4.33. The molecule has 1 fully saturated rings. The molecule has 0 saturated heterocycles. The zero-order chi connectivity index (χ0) is 12.1. The van der Waals surface area contributed by atoms with Gasteiger partial charge in [0, 0.05) is 21.8 Å². The Bertz CT molecular complexity index is 427. The minimum atomic E-state index is -0.749. The number of hydrogen-bond donors (Lipinski definition) is 0. The standard InChI is InChI=1S/C14H17NOS/c15-10-12-6-8-13(9-7-12)11-17(16)14-4-2-1-3-5-14/h6-9,14H,1-5,11H2. The third-order valence-electron chi connectivity index (χ3n) is 3.32. The molecule has 90 valence electrons. The SMILES string of the molecule is N#Cc1ccc(CS(=O)C2CCCCC2)cc1. The predicted molar refractivity (Wildman–Crippen MR) is 69.9 cm³/mol. The van der Waals surface area contributed by atoms with Crippen LogP contribution in [0.1, 0.15) is 43.2 Å². The second-order valence-corrected chi connectivity index (χ2v) is 6.31. The molecule has 1 unspecified atom stereocenters. The Balaban J connectivity index is 1.95. The van der Waals surface area contributed by atoms with Crippen molar-refractivity contribution in [1.82, 2.24) is 0 Å². The zero-order valence-corrected chi connectivity index (χ0v) is 10.7. The summed E-state index contributed by atoms with van der Waals surface area (Å²) in [7, 11) is -0.749. The lowest BCUT2D eigenvalue weighted by Gasteiger charge is -2.20. The van der Waals surface area contributed by atoms with Crippen LogP contribution in [-0.2, 0) is 16.6 Å². The van der Waals surface area contributed by atoms with Gasteiger partial charge in [0.15, 0.2) is 0 Å². The second kappa shape index (κ2) is 5.97. The average Bonchev–Trinajstić information content (AvgIpc) is 2.40. The molecule has 0 bridgehead atoms. The molecule has 0 spiro atoms. The lowest BCUT2D eigenvalue weighted by molar-refractivity contribution is 0.504. The molecule has 0 aliphatic heterocycles. The molecule has 1 aliphatic carbocycles. The van der Waals surface area contributed by atoms with E-state index < -0.39 is 10.8 Å². The summed E-state index contributed by atoms with van der Waals surface area (Å²) >= 11 is 0. The molecule has 3 heteroatoms. The molecule has 1 aromatic rings. The normalized spacial score (nSPS) is 18.5. The van der Waals surface area contributed by atoms with Crippen molar-refractivity contribution in [3.8, 4) is 6.07 Å². The number of hydrogen-bond acceptors (Lipinski definition) is 2. The summed E-state index contributed by atoms with van der Waals surface area (Å²) in [6, 6.07) is 9.52. The third kappa shape index (κ3) is 3.41. The molecule has 0 aromatic heterocycles. The molecule has 1 aliphatic rings. The van der Waals surface area contributed by atoms with Crippen molar-refractivity contribution in [2.45, 2.75) is 43.1 Å². The van der Waals surface area contributed by atoms with Crippen LogP contribution in [0.4, 0.5) is 0 Å². The molecule has 0 N–H and O–H groups in total. The maximum Gasteiger partial charge on any atom is 0.0991 e. The van der Waals surface area contributed by atoms with E-state index in [0.717, 1.165) is 18.4 Å². The Labute approximate surface area is 105 Å². The van der Waals surface area contributed by atoms with Crippen LogP contribution in [0.2, 0.25) is 0 Å². The van der Waals surface area contributed by atoms with Crippen LogP contribution < -0.4 is 0 Å². The van der Waals surface area contributed by atoms with Crippen molar-refractivity contribution >= 4 is 10.8 Å². The number of nitriles is 1. The lowest BCUT2D eigenvalue weighted by Crippen LogP contribution is -2.19. The first-order valence-electron chi connectivity index (χ1n) is 6.16. The van der Waals surface area contributed by atoms with Crippen molar-refractivity contribution in [3.05, 3.63) is 35.4 Å². The van der Waals surface area contributed by atoms with E-state index in [1.807, 2.05) is 12.1 Å². The van der Waals surface area contributed by atoms with Gasteiger partial charge in [0.25, 0.3) is 0 Å². The van der Waals surface area contributed by atoms with Gasteiger partial charge in [-0.05, 0) is 30.5 Å². The smallest absolute Gasteiger partial charge is 0.0991 e. The summed E-state index contributed by atoms with van der Waals surface area (Å²) in [6.45, 7) is 0. The highest BCUT2D eigenvalue weighted by molar-refractivity contribution is 7.84. The van der Waals surface area contributed by atoms with E-state index in [2.05, 4.69) is 6.07 Å². The van der Waals surface area contributed by atoms with Gasteiger partial charge in [0.2, 0.25) is 0 Å². The van der Waals surface area contributed by atoms with Crippen molar-refractivity contribution in [2.24, 2.45) is 0 Å². The van der Waals surface area contributed by atoms with Gasteiger partial charge in [0.1, 0.15) is 0 Å². The topological polar surface area (TPSA) is 40.9 Å². The molecular formula is C14H17NOS. The molecule has 1 saturated carbocycles. The second-order valence-electron chi connectivity index (χ2n) is 4.59. The molecule has 0 amide bonds. The molecule has 0 heterocycles. The van der Waals surface area contributed by atoms with Crippen molar-refractivity contribution in [3.63, 3.8) is 0 Å². The van der Waals surface area contributed by atoms with Gasteiger partial charge < -0.3 is 0 Å². The van der Waals surface area contributed by atoms with Gasteiger partial charge in [-0.2, -0.15) is 5.26 Å². The first-order chi connectivity index (χ1) is 8.29. The molecule has 0 radical (unpaired) electrons. The fourth-order valence-corrected chi connectivity index (χ4v) is 3.90. The van der Waals surface area contributed by atoms with Crippen molar-refractivity contribution in [2.75, 3.05) is 0 Å². The van der Waals surface area contributed by atoms with E-state index in [9.17, 15) is 4.21 Å². The number of benzene rings is 1. The predicted octanol–water partition coefficient (Wildman–Crippen LogP) is 3.14. The zero-order valence-electron chi connectivity index (χ0n) is 9.89. The van der Waals surface area contributed by atoms with Gasteiger partial charge in [-0.1, -0.05) is 31.4 Å². The fraction of sp³-hybridized carbons (Fsp3) is 0.500. The van der Waals surface area contributed by atoms with Crippen LogP contribution in [0.25, 0.3) is 0 Å². The van der Waals surface area contributed by atoms with E-state index in [0.29, 0.717) is 16.6 Å². The summed E-state index contributed by atoms with van der Waals surface area (Å²) in [5.41, 5.74) is 1.74. The van der Waals surface area contributed by atoms with Crippen LogP contribution in [-0.4, -0.2) is 9.46 Å². The Hall–Kier alpha value is -1.14. The van der Waals surface area contributed by atoms with Gasteiger partial charge in [0.05, 0.1) is 11.6 Å². The Morgan fingerprint density at radius 2 is 1.82 bits per heavy atom. The molecule has 17 heavy (non-hydrogen) atoms. The summed E-state index contributed by atoms with van der Waals surface area (Å²) in [5, 5.41) is 9.09. The molecule has 2 nitrogen and oxygen atoms in total. The third-order valence-corrected chi connectivity index (χ3v) is 5.15. The monoisotopic (exact) mass is 247 g/mol. The number of rotatable bonds is 3. The highest BCUT2D eigenvalue weighted by atomic mass is 32.2. The quantitative estimate of drug-likeness (QED) is 0.823. The summed E-state index contributed by atoms with van der Waals surface area (Å²) < 4.78 is 12.2. The van der Waals surface area contributed by atoms with Crippen LogP contribution in [0.3, 0.4) is 0 Å². The first-order valence-corrected chi connectivity index (χ1v) is 7.54. The number of nitrogens with zero attached hydrogens (tertiary/aromatic N) is 1. The van der Waals surface area contributed by atoms with E-state index in [4.69, 9.17) is 5.26 Å². The van der Waals surface area contributed by atoms with Crippen LogP contribution in [0.15, 0.2) is 24.3 Å². The largest absolute Gasteiger partial charge is 0.259 e. The highest BCUT2D eigenvalue weighted by Crippen LogP contribution is 2.23. The average molecular weight is 247 g/mol. The van der Waals surface area contributed by atoms with Gasteiger partial charge in [-0.25, -0.2) is 0 Å². The van der Waals surface area contributed by atoms with Crippen LogP contribution in [0.5, 0.6) is 0 Å². The van der Waals surface area contributed by atoms with Crippen molar-refractivity contribution < 1.29 is 4.21 Å². The maximum absolute atomic E-state index is 12.2. The van der Waals surface area contributed by atoms with Gasteiger partial charge in [-0.3, -0.25) is 4.21 Å². The van der Waals surface area contributed by atoms with E-state index >= 15 is 0 Å².